The monoisotopic (exact) mass is 259 g/mol. The second kappa shape index (κ2) is 6.13. The Balaban J connectivity index is 2.13. The topological polar surface area (TPSA) is 68.0 Å². The fraction of sp³-hybridized carbons (Fsp3) is 0.357. The van der Waals surface area contributed by atoms with Gasteiger partial charge in [-0.25, -0.2) is 4.98 Å². The Morgan fingerprint density at radius 1 is 1.37 bits per heavy atom. The average molecular weight is 259 g/mol. The molecule has 1 atom stereocenters. The largest absolute Gasteiger partial charge is 0.448 e. The number of nitrogens with one attached hydrogen (secondary N) is 1. The Morgan fingerprint density at radius 2 is 2.11 bits per heavy atom. The molecular formula is C14H17N3O2. The van der Waals surface area contributed by atoms with Crippen molar-refractivity contribution in [2.24, 2.45) is 0 Å². The predicted octanol–water partition coefficient (Wildman–Crippen LogP) is 2.51. The third-order valence-electron chi connectivity index (χ3n) is 3.00. The van der Waals surface area contributed by atoms with Crippen molar-refractivity contribution in [2.75, 3.05) is 0 Å². The van der Waals surface area contributed by atoms with Gasteiger partial charge in [-0.3, -0.25) is 9.78 Å². The highest BCUT2D eigenvalue weighted by molar-refractivity contribution is 5.93. The van der Waals surface area contributed by atoms with Crippen LogP contribution in [0.5, 0.6) is 0 Å². The molecule has 5 heteroatoms. The summed E-state index contributed by atoms with van der Waals surface area (Å²) in [5.74, 6) is 0.413. The second-order valence-corrected chi connectivity index (χ2v) is 4.19. The summed E-state index contributed by atoms with van der Waals surface area (Å²) in [5.41, 5.74) is 1.40. The normalized spacial score (nSPS) is 12.1. The van der Waals surface area contributed by atoms with Gasteiger partial charge in [0.15, 0.2) is 12.1 Å². The summed E-state index contributed by atoms with van der Waals surface area (Å²) < 4.78 is 5.17. The van der Waals surface area contributed by atoms with E-state index in [1.165, 1.54) is 6.39 Å². The molecule has 1 unspecified atom stereocenters. The lowest BCUT2D eigenvalue weighted by Crippen LogP contribution is -2.29. The van der Waals surface area contributed by atoms with Crippen molar-refractivity contribution >= 4 is 5.91 Å². The van der Waals surface area contributed by atoms with Gasteiger partial charge >= 0.3 is 0 Å². The van der Waals surface area contributed by atoms with E-state index >= 15 is 0 Å². The van der Waals surface area contributed by atoms with Crippen molar-refractivity contribution in [3.63, 3.8) is 0 Å². The van der Waals surface area contributed by atoms with Crippen molar-refractivity contribution in [2.45, 2.75) is 32.7 Å². The van der Waals surface area contributed by atoms with Crippen molar-refractivity contribution in [1.29, 1.82) is 0 Å². The van der Waals surface area contributed by atoms with Crippen LogP contribution in [-0.2, 0) is 6.42 Å². The molecule has 100 valence electrons. The highest BCUT2D eigenvalue weighted by Crippen LogP contribution is 2.17. The number of carbonyl (C=O) groups is 1. The van der Waals surface area contributed by atoms with Gasteiger partial charge in [-0.15, -0.1) is 0 Å². The summed E-state index contributed by atoms with van der Waals surface area (Å²) in [6.45, 7) is 3.95. The number of oxazole rings is 1. The number of aromatic nitrogens is 2. The van der Waals surface area contributed by atoms with Crippen LogP contribution in [-0.4, -0.2) is 15.9 Å². The first-order chi connectivity index (χ1) is 9.26. The van der Waals surface area contributed by atoms with E-state index in [4.69, 9.17) is 4.42 Å². The third kappa shape index (κ3) is 2.99. The second-order valence-electron chi connectivity index (χ2n) is 4.19. The van der Waals surface area contributed by atoms with Gasteiger partial charge in [-0.2, -0.15) is 0 Å². The zero-order chi connectivity index (χ0) is 13.7. The number of hydrogen-bond acceptors (Lipinski definition) is 4. The number of pyridine rings is 1. The Morgan fingerprint density at radius 3 is 2.74 bits per heavy atom. The molecular weight excluding hydrogens is 242 g/mol. The number of hydrogen-bond donors (Lipinski definition) is 1. The van der Waals surface area contributed by atoms with Gasteiger partial charge in [-0.1, -0.05) is 13.8 Å². The van der Waals surface area contributed by atoms with Crippen LogP contribution in [0.2, 0.25) is 0 Å². The quantitative estimate of drug-likeness (QED) is 0.895. The summed E-state index contributed by atoms with van der Waals surface area (Å²) in [4.78, 5) is 20.1. The minimum atomic E-state index is -0.200. The molecule has 0 aliphatic carbocycles. The Hall–Kier alpha value is -2.17. The zero-order valence-electron chi connectivity index (χ0n) is 11.1. The molecule has 2 heterocycles. The van der Waals surface area contributed by atoms with E-state index in [2.05, 4.69) is 15.3 Å². The van der Waals surface area contributed by atoms with Gasteiger partial charge in [0.25, 0.3) is 5.91 Å². The maximum Gasteiger partial charge on any atom is 0.274 e. The van der Waals surface area contributed by atoms with Gasteiger partial charge in [0.1, 0.15) is 5.76 Å². The third-order valence-corrected chi connectivity index (χ3v) is 3.00. The van der Waals surface area contributed by atoms with E-state index in [0.29, 0.717) is 17.9 Å². The molecule has 2 aromatic rings. The van der Waals surface area contributed by atoms with Crippen molar-refractivity contribution in [1.82, 2.24) is 15.3 Å². The Bertz CT molecular complexity index is 537. The predicted molar refractivity (Wildman–Crippen MR) is 70.6 cm³/mol. The molecule has 0 saturated heterocycles. The maximum atomic E-state index is 12.2. The first-order valence-electron chi connectivity index (χ1n) is 6.39. The standard InChI is InChI=1S/C14H17N3O2/c1-3-11(10-5-7-15-8-6-10)17-14(18)13-12(4-2)19-9-16-13/h5-9,11H,3-4H2,1-2H3,(H,17,18). The van der Waals surface area contributed by atoms with Crippen LogP contribution in [0.25, 0.3) is 0 Å². The van der Waals surface area contributed by atoms with Crippen LogP contribution in [0, 0.1) is 0 Å². The Labute approximate surface area is 112 Å². The molecule has 2 rings (SSSR count). The van der Waals surface area contributed by atoms with Crippen molar-refractivity contribution in [3.8, 4) is 0 Å². The minimum absolute atomic E-state index is 0.0445. The zero-order valence-corrected chi connectivity index (χ0v) is 11.1. The van der Waals surface area contributed by atoms with E-state index < -0.39 is 0 Å². The van der Waals surface area contributed by atoms with E-state index in [-0.39, 0.29) is 11.9 Å². The SMILES string of the molecule is CCc1ocnc1C(=O)NC(CC)c1ccncc1. The number of carbonyl (C=O) groups excluding carboxylic acids is 1. The molecule has 1 amide bonds. The van der Waals surface area contributed by atoms with Crippen molar-refractivity contribution < 1.29 is 9.21 Å². The van der Waals surface area contributed by atoms with Crippen LogP contribution in [0.15, 0.2) is 35.3 Å². The molecule has 2 aromatic heterocycles. The van der Waals surface area contributed by atoms with E-state index in [0.717, 1.165) is 12.0 Å². The molecule has 1 N–H and O–H groups in total. The molecule has 0 spiro atoms. The molecule has 0 aliphatic heterocycles. The summed E-state index contributed by atoms with van der Waals surface area (Å²) in [6.07, 6.45) is 6.19. The lowest BCUT2D eigenvalue weighted by atomic mass is 10.1. The van der Waals surface area contributed by atoms with Crippen LogP contribution in [0.3, 0.4) is 0 Å². The number of amides is 1. The number of aryl methyl sites for hydroxylation is 1. The van der Waals surface area contributed by atoms with E-state index in [1.54, 1.807) is 12.4 Å². The van der Waals surface area contributed by atoms with E-state index in [1.807, 2.05) is 26.0 Å². The van der Waals surface area contributed by atoms with Crippen LogP contribution in [0.1, 0.15) is 48.1 Å². The molecule has 0 saturated carbocycles. The summed E-state index contributed by atoms with van der Waals surface area (Å²) >= 11 is 0. The average Bonchev–Trinajstić information content (AvgIpc) is 2.94. The van der Waals surface area contributed by atoms with Crippen LogP contribution in [0.4, 0.5) is 0 Å². The highest BCUT2D eigenvalue weighted by atomic mass is 16.3. The van der Waals surface area contributed by atoms with E-state index in [9.17, 15) is 4.79 Å². The molecule has 19 heavy (non-hydrogen) atoms. The number of nitrogens with zero attached hydrogens (tertiary/aromatic N) is 2. The summed E-state index contributed by atoms with van der Waals surface area (Å²) in [7, 11) is 0. The minimum Gasteiger partial charge on any atom is -0.448 e. The summed E-state index contributed by atoms with van der Waals surface area (Å²) in [6, 6.07) is 3.76. The molecule has 0 bridgehead atoms. The first kappa shape index (κ1) is 13.3. The molecule has 0 radical (unpaired) electrons. The van der Waals surface area contributed by atoms with Gasteiger partial charge < -0.3 is 9.73 Å². The molecule has 0 aromatic carbocycles. The lowest BCUT2D eigenvalue weighted by molar-refractivity contribution is 0.0929. The van der Waals surface area contributed by atoms with Gasteiger partial charge in [0, 0.05) is 18.8 Å². The van der Waals surface area contributed by atoms with Crippen LogP contribution < -0.4 is 5.32 Å². The fourth-order valence-electron chi connectivity index (χ4n) is 1.95. The highest BCUT2D eigenvalue weighted by Gasteiger charge is 2.19. The fourth-order valence-corrected chi connectivity index (χ4v) is 1.95. The van der Waals surface area contributed by atoms with Gasteiger partial charge in [-0.05, 0) is 24.1 Å². The smallest absolute Gasteiger partial charge is 0.274 e. The van der Waals surface area contributed by atoms with Crippen molar-refractivity contribution in [3.05, 3.63) is 47.9 Å². The first-order valence-corrected chi connectivity index (χ1v) is 6.39. The molecule has 0 aliphatic rings. The van der Waals surface area contributed by atoms with Crippen LogP contribution >= 0.6 is 0 Å². The molecule has 5 nitrogen and oxygen atoms in total. The molecule has 0 fully saturated rings. The van der Waals surface area contributed by atoms with Gasteiger partial charge in [0.05, 0.1) is 6.04 Å². The summed E-state index contributed by atoms with van der Waals surface area (Å²) in [5, 5.41) is 2.97. The Kier molecular flexibility index (Phi) is 4.28. The lowest BCUT2D eigenvalue weighted by Gasteiger charge is -2.16. The number of rotatable bonds is 5. The van der Waals surface area contributed by atoms with Gasteiger partial charge in [0.2, 0.25) is 0 Å². The maximum absolute atomic E-state index is 12.2.